The van der Waals surface area contributed by atoms with Crippen molar-refractivity contribution in [1.82, 2.24) is 4.98 Å². The molecule has 0 radical (unpaired) electrons. The highest BCUT2D eigenvalue weighted by molar-refractivity contribution is 7.93. The number of anilines is 1. The van der Waals surface area contributed by atoms with Crippen LogP contribution in [0, 0.1) is 6.92 Å². The molecular weight excluding hydrogens is 240 g/mol. The average molecular weight is 256 g/mol. The number of pyridine rings is 1. The highest BCUT2D eigenvalue weighted by Crippen LogP contribution is 2.18. The molecule has 17 heavy (non-hydrogen) atoms. The molecule has 1 aliphatic heterocycles. The number of aryl methyl sites for hydroxylation is 1. The lowest BCUT2D eigenvalue weighted by atomic mass is 10.2. The summed E-state index contributed by atoms with van der Waals surface area (Å²) in [5.74, 6) is 0.377. The predicted octanol–water partition coefficient (Wildman–Crippen LogP) is 1.31. The van der Waals surface area contributed by atoms with E-state index >= 15 is 0 Å². The third kappa shape index (κ3) is 3.17. The number of nitrogens with one attached hydrogen (secondary N) is 1. The van der Waals surface area contributed by atoms with Crippen molar-refractivity contribution in [3.63, 3.8) is 0 Å². The lowest BCUT2D eigenvalue weighted by Gasteiger charge is -2.22. The monoisotopic (exact) mass is 256 g/mol. The first-order chi connectivity index (χ1) is 8.08. The molecule has 2 heterocycles. The molecule has 0 atom stereocenters. The fourth-order valence-corrected chi connectivity index (χ4v) is 3.14. The topological polar surface area (TPSA) is 68.3 Å². The third-order valence-corrected chi connectivity index (χ3v) is 4.61. The molecule has 0 aromatic carbocycles. The largest absolute Gasteiger partial charge is 0.381 e. The number of sulfonamides is 1. The van der Waals surface area contributed by atoms with Gasteiger partial charge in [-0.1, -0.05) is 6.07 Å². The van der Waals surface area contributed by atoms with Gasteiger partial charge in [-0.05, 0) is 31.4 Å². The SMILES string of the molecule is Cc1ccc(NS(=O)(=O)C2CCOCC2)nc1. The molecule has 94 valence electrons. The van der Waals surface area contributed by atoms with Crippen molar-refractivity contribution < 1.29 is 13.2 Å². The second-order valence-electron chi connectivity index (χ2n) is 4.18. The molecule has 1 fully saturated rings. The maximum Gasteiger partial charge on any atom is 0.236 e. The molecule has 6 heteroatoms. The van der Waals surface area contributed by atoms with E-state index in [1.54, 1.807) is 12.3 Å². The van der Waals surface area contributed by atoms with Gasteiger partial charge in [0.25, 0.3) is 0 Å². The van der Waals surface area contributed by atoms with Gasteiger partial charge in [0.2, 0.25) is 10.0 Å². The molecule has 1 saturated heterocycles. The Morgan fingerprint density at radius 3 is 2.65 bits per heavy atom. The number of ether oxygens (including phenoxy) is 1. The van der Waals surface area contributed by atoms with Crippen molar-refractivity contribution in [3.05, 3.63) is 23.9 Å². The molecule has 0 bridgehead atoms. The average Bonchev–Trinajstić information content (AvgIpc) is 2.33. The van der Waals surface area contributed by atoms with Crippen molar-refractivity contribution in [2.75, 3.05) is 17.9 Å². The van der Waals surface area contributed by atoms with Crippen LogP contribution in [-0.2, 0) is 14.8 Å². The fraction of sp³-hybridized carbons (Fsp3) is 0.545. The van der Waals surface area contributed by atoms with Gasteiger partial charge in [-0.15, -0.1) is 0 Å². The van der Waals surface area contributed by atoms with Gasteiger partial charge < -0.3 is 4.74 Å². The lowest BCUT2D eigenvalue weighted by molar-refractivity contribution is 0.0984. The minimum absolute atomic E-state index is 0.376. The minimum Gasteiger partial charge on any atom is -0.381 e. The van der Waals surface area contributed by atoms with Gasteiger partial charge in [-0.2, -0.15) is 0 Å². The molecule has 0 amide bonds. The minimum atomic E-state index is -3.34. The quantitative estimate of drug-likeness (QED) is 0.885. The van der Waals surface area contributed by atoms with E-state index in [-0.39, 0.29) is 5.25 Å². The van der Waals surface area contributed by atoms with Gasteiger partial charge >= 0.3 is 0 Å². The van der Waals surface area contributed by atoms with Crippen molar-refractivity contribution in [3.8, 4) is 0 Å². The molecule has 0 saturated carbocycles. The third-order valence-electron chi connectivity index (χ3n) is 2.77. The first-order valence-electron chi connectivity index (χ1n) is 5.60. The summed E-state index contributed by atoms with van der Waals surface area (Å²) >= 11 is 0. The normalized spacial score (nSPS) is 17.9. The Morgan fingerprint density at radius 2 is 2.06 bits per heavy atom. The van der Waals surface area contributed by atoms with Gasteiger partial charge in [0, 0.05) is 19.4 Å². The van der Waals surface area contributed by atoms with E-state index in [1.807, 2.05) is 13.0 Å². The summed E-state index contributed by atoms with van der Waals surface area (Å²) in [6, 6.07) is 3.50. The number of rotatable bonds is 3. The molecular formula is C11H16N2O3S. The number of nitrogens with zero attached hydrogens (tertiary/aromatic N) is 1. The van der Waals surface area contributed by atoms with Crippen LogP contribution in [0.2, 0.25) is 0 Å². The molecule has 2 rings (SSSR count). The second-order valence-corrected chi connectivity index (χ2v) is 6.14. The molecule has 5 nitrogen and oxygen atoms in total. The predicted molar refractivity (Wildman–Crippen MR) is 65.4 cm³/mol. The number of aromatic nitrogens is 1. The maximum absolute atomic E-state index is 12.0. The summed E-state index contributed by atoms with van der Waals surface area (Å²) in [4.78, 5) is 4.04. The zero-order valence-electron chi connectivity index (χ0n) is 9.72. The first-order valence-corrected chi connectivity index (χ1v) is 7.14. The van der Waals surface area contributed by atoms with Crippen LogP contribution in [0.15, 0.2) is 18.3 Å². The standard InChI is InChI=1S/C11H16N2O3S/c1-9-2-3-11(12-8-9)13-17(14,15)10-4-6-16-7-5-10/h2-3,8,10H,4-7H2,1H3,(H,12,13). The Labute approximate surface area is 101 Å². The van der Waals surface area contributed by atoms with Crippen LogP contribution in [0.3, 0.4) is 0 Å². The molecule has 1 aliphatic rings. The highest BCUT2D eigenvalue weighted by atomic mass is 32.2. The van der Waals surface area contributed by atoms with Crippen LogP contribution < -0.4 is 4.72 Å². The molecule has 0 spiro atoms. The van der Waals surface area contributed by atoms with Crippen LogP contribution in [0.1, 0.15) is 18.4 Å². The van der Waals surface area contributed by atoms with Crippen molar-refractivity contribution in [1.29, 1.82) is 0 Å². The Balaban J connectivity index is 2.08. The highest BCUT2D eigenvalue weighted by Gasteiger charge is 2.27. The molecule has 1 aromatic rings. The summed E-state index contributed by atoms with van der Waals surface area (Å²) < 4.78 is 31.7. The smallest absolute Gasteiger partial charge is 0.236 e. The summed E-state index contributed by atoms with van der Waals surface area (Å²) in [6.45, 7) is 2.92. The Kier molecular flexibility index (Phi) is 3.63. The zero-order chi connectivity index (χ0) is 12.3. The van der Waals surface area contributed by atoms with Gasteiger partial charge in [0.05, 0.1) is 5.25 Å². The Bertz CT molecular complexity index is 464. The van der Waals surface area contributed by atoms with Crippen molar-refractivity contribution in [2.45, 2.75) is 25.0 Å². The van der Waals surface area contributed by atoms with E-state index in [2.05, 4.69) is 9.71 Å². The second kappa shape index (κ2) is 5.01. The van der Waals surface area contributed by atoms with E-state index in [0.717, 1.165) is 5.56 Å². The summed E-state index contributed by atoms with van der Waals surface area (Å²) in [5.41, 5.74) is 0.999. The van der Waals surface area contributed by atoms with Gasteiger partial charge in [0.15, 0.2) is 0 Å². The molecule has 0 aliphatic carbocycles. The molecule has 0 unspecified atom stereocenters. The Morgan fingerprint density at radius 1 is 1.35 bits per heavy atom. The van der Waals surface area contributed by atoms with Crippen LogP contribution >= 0.6 is 0 Å². The van der Waals surface area contributed by atoms with Crippen LogP contribution in [-0.4, -0.2) is 31.9 Å². The van der Waals surface area contributed by atoms with Gasteiger partial charge in [0.1, 0.15) is 5.82 Å². The Hall–Kier alpha value is -1.14. The van der Waals surface area contributed by atoms with E-state index < -0.39 is 10.0 Å². The summed E-state index contributed by atoms with van der Waals surface area (Å²) in [7, 11) is -3.34. The molecule has 1 N–H and O–H groups in total. The van der Waals surface area contributed by atoms with Crippen LogP contribution in [0.5, 0.6) is 0 Å². The first kappa shape index (κ1) is 12.3. The maximum atomic E-state index is 12.0. The fourth-order valence-electron chi connectivity index (χ4n) is 1.74. The van der Waals surface area contributed by atoms with Gasteiger partial charge in [-0.3, -0.25) is 4.72 Å². The van der Waals surface area contributed by atoms with E-state index in [1.165, 1.54) is 0 Å². The lowest BCUT2D eigenvalue weighted by Crippen LogP contribution is -2.33. The van der Waals surface area contributed by atoms with Crippen LogP contribution in [0.25, 0.3) is 0 Å². The van der Waals surface area contributed by atoms with Crippen molar-refractivity contribution in [2.24, 2.45) is 0 Å². The molecule has 1 aromatic heterocycles. The number of hydrogen-bond acceptors (Lipinski definition) is 4. The summed E-state index contributed by atoms with van der Waals surface area (Å²) in [6.07, 6.45) is 2.73. The summed E-state index contributed by atoms with van der Waals surface area (Å²) in [5, 5.41) is -0.376. The number of hydrogen-bond donors (Lipinski definition) is 1. The van der Waals surface area contributed by atoms with Crippen molar-refractivity contribution >= 4 is 15.8 Å². The van der Waals surface area contributed by atoms with E-state index in [9.17, 15) is 8.42 Å². The van der Waals surface area contributed by atoms with Crippen LogP contribution in [0.4, 0.5) is 5.82 Å². The van der Waals surface area contributed by atoms with E-state index in [4.69, 9.17) is 4.74 Å². The zero-order valence-corrected chi connectivity index (χ0v) is 10.5. The van der Waals surface area contributed by atoms with Gasteiger partial charge in [-0.25, -0.2) is 13.4 Å². The van der Waals surface area contributed by atoms with E-state index in [0.29, 0.717) is 31.9 Å².